The van der Waals surface area contributed by atoms with E-state index in [4.69, 9.17) is 10.2 Å². The molecule has 1 amide bonds. The van der Waals surface area contributed by atoms with Gasteiger partial charge >= 0.3 is 0 Å². The van der Waals surface area contributed by atoms with Crippen molar-refractivity contribution in [3.8, 4) is 0 Å². The number of amides is 1. The fraction of sp³-hybridized carbons (Fsp3) is 0.389. The number of hydrogen-bond donors (Lipinski definition) is 1. The number of hydrogen-bond acceptors (Lipinski definition) is 4. The summed E-state index contributed by atoms with van der Waals surface area (Å²) >= 11 is 0. The molecule has 5 nitrogen and oxygen atoms in total. The third-order valence-corrected chi connectivity index (χ3v) is 4.25. The van der Waals surface area contributed by atoms with E-state index < -0.39 is 0 Å². The number of piperazine rings is 1. The summed E-state index contributed by atoms with van der Waals surface area (Å²) in [4.78, 5) is 16.7. The van der Waals surface area contributed by atoms with Crippen LogP contribution in [-0.4, -0.2) is 41.9 Å². The molecule has 0 saturated carbocycles. The van der Waals surface area contributed by atoms with E-state index in [-0.39, 0.29) is 30.7 Å². The zero-order chi connectivity index (χ0) is 16.2. The predicted octanol–water partition coefficient (Wildman–Crippen LogP) is 2.85. The smallest absolute Gasteiger partial charge is 0.257 e. The van der Waals surface area contributed by atoms with Gasteiger partial charge in [-0.15, -0.1) is 24.8 Å². The van der Waals surface area contributed by atoms with Crippen LogP contribution in [0, 0.1) is 6.92 Å². The van der Waals surface area contributed by atoms with E-state index in [1.54, 1.807) is 6.07 Å². The molecule has 1 aliphatic heterocycles. The summed E-state index contributed by atoms with van der Waals surface area (Å²) in [6.45, 7) is 6.63. The zero-order valence-electron chi connectivity index (χ0n) is 14.3. The molecule has 138 valence electrons. The van der Waals surface area contributed by atoms with Crippen LogP contribution in [0.5, 0.6) is 0 Å². The number of nitrogens with two attached hydrogens (primary N) is 1. The molecule has 0 unspecified atom stereocenters. The number of carbonyl (C=O) groups excluding carboxylic acids is 1. The van der Waals surface area contributed by atoms with Crippen molar-refractivity contribution in [2.24, 2.45) is 5.73 Å². The maximum Gasteiger partial charge on any atom is 0.257 e. The minimum absolute atomic E-state index is 0. The summed E-state index contributed by atoms with van der Waals surface area (Å²) in [6.07, 6.45) is 1.50. The van der Waals surface area contributed by atoms with E-state index in [9.17, 15) is 4.79 Å². The minimum Gasteiger partial charge on any atom is -0.467 e. The Morgan fingerprint density at radius 1 is 1.16 bits per heavy atom. The highest BCUT2D eigenvalue weighted by Gasteiger charge is 2.23. The largest absolute Gasteiger partial charge is 0.467 e. The fourth-order valence-electron chi connectivity index (χ4n) is 2.96. The lowest BCUT2D eigenvalue weighted by Gasteiger charge is -2.34. The van der Waals surface area contributed by atoms with Crippen LogP contribution in [0.25, 0.3) is 0 Å². The first-order chi connectivity index (χ1) is 11.2. The van der Waals surface area contributed by atoms with Crippen molar-refractivity contribution in [3.05, 3.63) is 59.0 Å². The number of furan rings is 1. The summed E-state index contributed by atoms with van der Waals surface area (Å²) < 4.78 is 5.25. The maximum atomic E-state index is 12.4. The predicted molar refractivity (Wildman–Crippen MR) is 103 cm³/mol. The number of benzene rings is 1. The molecule has 7 heteroatoms. The molecule has 0 radical (unpaired) electrons. The van der Waals surface area contributed by atoms with Crippen LogP contribution in [0.1, 0.15) is 27.2 Å². The summed E-state index contributed by atoms with van der Waals surface area (Å²) in [6, 6.07) is 10.3. The quantitative estimate of drug-likeness (QED) is 0.878. The lowest BCUT2D eigenvalue weighted by molar-refractivity contribution is 0.0628. The van der Waals surface area contributed by atoms with Gasteiger partial charge in [-0.3, -0.25) is 9.69 Å². The van der Waals surface area contributed by atoms with Crippen LogP contribution in [0.3, 0.4) is 0 Å². The van der Waals surface area contributed by atoms with Crippen molar-refractivity contribution < 1.29 is 9.21 Å². The first-order valence-corrected chi connectivity index (χ1v) is 8.00. The van der Waals surface area contributed by atoms with Crippen molar-refractivity contribution in [1.29, 1.82) is 0 Å². The third-order valence-electron chi connectivity index (χ3n) is 4.25. The summed E-state index contributed by atoms with van der Waals surface area (Å²) in [5.74, 6) is 0.676. The van der Waals surface area contributed by atoms with E-state index in [0.29, 0.717) is 17.9 Å². The van der Waals surface area contributed by atoms with Crippen molar-refractivity contribution in [2.75, 3.05) is 26.2 Å². The Morgan fingerprint density at radius 3 is 2.48 bits per heavy atom. The van der Waals surface area contributed by atoms with E-state index >= 15 is 0 Å². The van der Waals surface area contributed by atoms with Crippen LogP contribution in [0.4, 0.5) is 0 Å². The van der Waals surface area contributed by atoms with Crippen molar-refractivity contribution in [3.63, 3.8) is 0 Å². The first kappa shape index (κ1) is 21.5. The van der Waals surface area contributed by atoms with Gasteiger partial charge in [0.15, 0.2) is 0 Å². The molecule has 1 aliphatic rings. The van der Waals surface area contributed by atoms with E-state index in [2.05, 4.69) is 36.1 Å². The number of carbonyl (C=O) groups is 1. The molecule has 2 N–H and O–H groups in total. The Kier molecular flexibility index (Phi) is 8.45. The molecule has 1 saturated heterocycles. The standard InChI is InChI=1S/C18H23N3O2.2ClH/c1-14-3-2-4-15(9-14)12-20-5-7-21(8-6-20)18(22)16-10-17(11-19)23-13-16;;/h2-4,9-10,13H,5-8,11-12,19H2,1H3;2*1H. The van der Waals surface area contributed by atoms with E-state index in [1.807, 2.05) is 4.90 Å². The van der Waals surface area contributed by atoms with Gasteiger partial charge in [-0.25, -0.2) is 0 Å². The Morgan fingerprint density at radius 2 is 1.88 bits per heavy atom. The van der Waals surface area contributed by atoms with Gasteiger partial charge in [0.1, 0.15) is 12.0 Å². The molecule has 1 aromatic carbocycles. The summed E-state index contributed by atoms with van der Waals surface area (Å²) in [5.41, 5.74) is 8.72. The second kappa shape index (κ2) is 9.82. The minimum atomic E-state index is 0. The molecule has 2 heterocycles. The van der Waals surface area contributed by atoms with Crippen LogP contribution in [0.15, 0.2) is 41.0 Å². The highest BCUT2D eigenvalue weighted by Crippen LogP contribution is 2.14. The maximum absolute atomic E-state index is 12.4. The molecule has 2 aromatic rings. The molecular weight excluding hydrogens is 361 g/mol. The van der Waals surface area contributed by atoms with Crippen molar-refractivity contribution >= 4 is 30.7 Å². The van der Waals surface area contributed by atoms with E-state index in [1.165, 1.54) is 17.4 Å². The monoisotopic (exact) mass is 385 g/mol. The fourth-order valence-corrected chi connectivity index (χ4v) is 2.96. The third kappa shape index (κ3) is 5.47. The lowest BCUT2D eigenvalue weighted by atomic mass is 10.1. The van der Waals surface area contributed by atoms with Gasteiger partial charge in [-0.1, -0.05) is 29.8 Å². The molecule has 0 bridgehead atoms. The SMILES string of the molecule is Cc1cccc(CN2CCN(C(=O)c3coc(CN)c3)CC2)c1.Cl.Cl. The highest BCUT2D eigenvalue weighted by atomic mass is 35.5. The summed E-state index contributed by atoms with van der Waals surface area (Å²) in [7, 11) is 0. The number of nitrogens with zero attached hydrogens (tertiary/aromatic N) is 2. The second-order valence-corrected chi connectivity index (χ2v) is 6.06. The number of halogens is 2. The van der Waals surface area contributed by atoms with E-state index in [0.717, 1.165) is 32.7 Å². The van der Waals surface area contributed by atoms with Crippen LogP contribution in [0.2, 0.25) is 0 Å². The Bertz CT molecular complexity index is 682. The second-order valence-electron chi connectivity index (χ2n) is 6.06. The van der Waals surface area contributed by atoms with Gasteiger partial charge in [0, 0.05) is 32.7 Å². The summed E-state index contributed by atoms with van der Waals surface area (Å²) in [5, 5.41) is 0. The number of rotatable bonds is 4. The average molecular weight is 386 g/mol. The normalized spacial score (nSPS) is 14.6. The van der Waals surface area contributed by atoms with Gasteiger partial charge in [0.2, 0.25) is 0 Å². The van der Waals surface area contributed by atoms with Gasteiger partial charge in [0.05, 0.1) is 12.1 Å². The van der Waals surface area contributed by atoms with Gasteiger partial charge in [0.25, 0.3) is 5.91 Å². The van der Waals surface area contributed by atoms with Crippen LogP contribution >= 0.6 is 24.8 Å². The zero-order valence-corrected chi connectivity index (χ0v) is 15.9. The molecule has 1 aromatic heterocycles. The molecular formula is C18H25Cl2N3O2. The number of aryl methyl sites for hydroxylation is 1. The van der Waals surface area contributed by atoms with Crippen molar-refractivity contribution in [1.82, 2.24) is 9.80 Å². The molecule has 0 aliphatic carbocycles. The van der Waals surface area contributed by atoms with Gasteiger partial charge in [-0.05, 0) is 18.6 Å². The Balaban J connectivity index is 0.00000156. The lowest BCUT2D eigenvalue weighted by Crippen LogP contribution is -2.48. The van der Waals surface area contributed by atoms with Crippen LogP contribution < -0.4 is 5.73 Å². The molecule has 3 rings (SSSR count). The van der Waals surface area contributed by atoms with Gasteiger partial charge < -0.3 is 15.1 Å². The molecule has 1 fully saturated rings. The first-order valence-electron chi connectivity index (χ1n) is 8.00. The van der Waals surface area contributed by atoms with Gasteiger partial charge in [-0.2, -0.15) is 0 Å². The highest BCUT2D eigenvalue weighted by molar-refractivity contribution is 5.94. The topological polar surface area (TPSA) is 62.7 Å². The Labute approximate surface area is 161 Å². The molecule has 0 atom stereocenters. The Hall–Kier alpha value is -1.53. The van der Waals surface area contributed by atoms with Crippen LogP contribution in [-0.2, 0) is 13.1 Å². The van der Waals surface area contributed by atoms with Crippen molar-refractivity contribution in [2.45, 2.75) is 20.0 Å². The average Bonchev–Trinajstić information content (AvgIpc) is 3.04. The molecule has 0 spiro atoms. The molecule has 25 heavy (non-hydrogen) atoms.